The van der Waals surface area contributed by atoms with Crippen LogP contribution in [0.4, 0.5) is 0 Å². The van der Waals surface area contributed by atoms with Crippen molar-refractivity contribution in [3.8, 4) is 17.3 Å². The van der Waals surface area contributed by atoms with E-state index in [9.17, 15) is 9.90 Å². The highest BCUT2D eigenvalue weighted by Crippen LogP contribution is 2.25. The summed E-state index contributed by atoms with van der Waals surface area (Å²) in [6.07, 6.45) is 1.32. The molecule has 0 amide bonds. The van der Waals surface area contributed by atoms with Crippen molar-refractivity contribution in [1.29, 1.82) is 0 Å². The topological polar surface area (TPSA) is 66.0 Å². The van der Waals surface area contributed by atoms with E-state index in [1.165, 1.54) is 0 Å². The molecule has 1 heterocycles. The Hall–Kier alpha value is -2.10. The molecule has 0 aliphatic carbocycles. The quantitative estimate of drug-likeness (QED) is 0.889. The maximum atomic E-state index is 12.0. The van der Waals surface area contributed by atoms with Crippen LogP contribution in [0.2, 0.25) is 0 Å². The lowest BCUT2D eigenvalue weighted by molar-refractivity contribution is 0.443. The van der Waals surface area contributed by atoms with Gasteiger partial charge in [0.2, 0.25) is 5.88 Å². The van der Waals surface area contributed by atoms with E-state index in [1.807, 2.05) is 39.0 Å². The van der Waals surface area contributed by atoms with E-state index in [0.29, 0.717) is 17.8 Å². The minimum Gasteiger partial charge on any atom is -0.493 e. The zero-order valence-electron chi connectivity index (χ0n) is 11.4. The fourth-order valence-corrected chi connectivity index (χ4v) is 2.27. The predicted molar refractivity (Wildman–Crippen MR) is 75.4 cm³/mol. The fraction of sp³-hybridized carbons (Fsp3) is 0.333. The molecule has 4 nitrogen and oxygen atoms in total. The van der Waals surface area contributed by atoms with Gasteiger partial charge >= 0.3 is 0 Å². The van der Waals surface area contributed by atoms with Crippen LogP contribution in [0.1, 0.15) is 30.0 Å². The summed E-state index contributed by atoms with van der Waals surface area (Å²) in [5.41, 5.74) is 3.01. The van der Waals surface area contributed by atoms with Crippen LogP contribution < -0.4 is 5.56 Å². The zero-order chi connectivity index (χ0) is 14.0. The van der Waals surface area contributed by atoms with Crippen molar-refractivity contribution >= 4 is 0 Å². The number of nitrogens with one attached hydrogen (secondary N) is 1. The van der Waals surface area contributed by atoms with Crippen molar-refractivity contribution in [1.82, 2.24) is 9.97 Å². The van der Waals surface area contributed by atoms with Gasteiger partial charge in [0.25, 0.3) is 5.56 Å². The van der Waals surface area contributed by atoms with Crippen LogP contribution >= 0.6 is 0 Å². The number of nitrogens with zero attached hydrogens (tertiary/aromatic N) is 1. The Balaban J connectivity index is 2.62. The Bertz CT molecular complexity index is 639. The molecule has 2 rings (SSSR count). The molecule has 0 atom stereocenters. The molecule has 2 N–H and O–H groups in total. The van der Waals surface area contributed by atoms with Crippen molar-refractivity contribution < 1.29 is 5.11 Å². The summed E-state index contributed by atoms with van der Waals surface area (Å²) in [4.78, 5) is 18.9. The van der Waals surface area contributed by atoms with E-state index in [4.69, 9.17) is 0 Å². The van der Waals surface area contributed by atoms with Gasteiger partial charge in [-0.1, -0.05) is 31.5 Å². The molecule has 0 aliphatic heterocycles. The highest BCUT2D eigenvalue weighted by atomic mass is 16.3. The zero-order valence-corrected chi connectivity index (χ0v) is 11.4. The summed E-state index contributed by atoms with van der Waals surface area (Å²) in [5, 5.41) is 9.92. The van der Waals surface area contributed by atoms with E-state index in [0.717, 1.165) is 23.1 Å². The number of aromatic amines is 1. The SMILES string of the molecule is CCCc1c(O)nc(-c2c(C)cccc2C)[nH]c1=O. The standard InChI is InChI=1S/C15H18N2O2/c1-4-6-11-14(18)16-13(17-15(11)19)12-9(2)7-5-8-10(12)3/h5,7-8H,4,6H2,1-3H3,(H2,16,17,18,19). The van der Waals surface area contributed by atoms with E-state index in [-0.39, 0.29) is 11.4 Å². The number of hydrogen-bond acceptors (Lipinski definition) is 3. The smallest absolute Gasteiger partial charge is 0.258 e. The van der Waals surface area contributed by atoms with E-state index in [2.05, 4.69) is 9.97 Å². The van der Waals surface area contributed by atoms with Gasteiger partial charge in [0.1, 0.15) is 5.82 Å². The molecule has 0 saturated heterocycles. The summed E-state index contributed by atoms with van der Waals surface area (Å²) in [6, 6.07) is 5.87. The third kappa shape index (κ3) is 2.52. The van der Waals surface area contributed by atoms with E-state index < -0.39 is 0 Å². The van der Waals surface area contributed by atoms with Crippen LogP contribution in [-0.4, -0.2) is 15.1 Å². The van der Waals surface area contributed by atoms with Crippen molar-refractivity contribution in [3.05, 3.63) is 45.2 Å². The molecule has 100 valence electrons. The van der Waals surface area contributed by atoms with Crippen molar-refractivity contribution in [2.24, 2.45) is 0 Å². The first kappa shape index (κ1) is 13.3. The lowest BCUT2D eigenvalue weighted by Gasteiger charge is -2.10. The maximum absolute atomic E-state index is 12.0. The largest absolute Gasteiger partial charge is 0.493 e. The normalized spacial score (nSPS) is 10.7. The number of rotatable bonds is 3. The molecule has 0 fully saturated rings. The molecule has 0 bridgehead atoms. The third-order valence-corrected chi connectivity index (χ3v) is 3.21. The average Bonchev–Trinajstić information content (AvgIpc) is 2.33. The molecule has 19 heavy (non-hydrogen) atoms. The Kier molecular flexibility index (Phi) is 3.69. The van der Waals surface area contributed by atoms with Crippen LogP contribution in [0, 0.1) is 13.8 Å². The molecule has 0 unspecified atom stereocenters. The number of aryl methyl sites for hydroxylation is 2. The average molecular weight is 258 g/mol. The highest BCUT2D eigenvalue weighted by molar-refractivity contribution is 5.64. The van der Waals surface area contributed by atoms with Crippen molar-refractivity contribution in [2.45, 2.75) is 33.6 Å². The van der Waals surface area contributed by atoms with Crippen LogP contribution in [-0.2, 0) is 6.42 Å². The summed E-state index contributed by atoms with van der Waals surface area (Å²) < 4.78 is 0. The fourth-order valence-electron chi connectivity index (χ4n) is 2.27. The second-order valence-corrected chi connectivity index (χ2v) is 4.73. The third-order valence-electron chi connectivity index (χ3n) is 3.21. The van der Waals surface area contributed by atoms with Gasteiger partial charge in [-0.15, -0.1) is 0 Å². The highest BCUT2D eigenvalue weighted by Gasteiger charge is 2.13. The number of aromatic hydroxyl groups is 1. The number of hydrogen-bond donors (Lipinski definition) is 2. The number of aromatic nitrogens is 2. The maximum Gasteiger partial charge on any atom is 0.258 e. The van der Waals surface area contributed by atoms with Crippen LogP contribution in [0.5, 0.6) is 5.88 Å². The second kappa shape index (κ2) is 5.26. The molecule has 0 aliphatic rings. The van der Waals surface area contributed by atoms with Gasteiger partial charge < -0.3 is 10.1 Å². The van der Waals surface area contributed by atoms with Gasteiger partial charge in [-0.2, -0.15) is 4.98 Å². The van der Waals surface area contributed by atoms with Crippen molar-refractivity contribution in [2.75, 3.05) is 0 Å². The summed E-state index contributed by atoms with van der Waals surface area (Å²) >= 11 is 0. The van der Waals surface area contributed by atoms with E-state index in [1.54, 1.807) is 0 Å². The van der Waals surface area contributed by atoms with E-state index >= 15 is 0 Å². The number of H-pyrrole nitrogens is 1. The van der Waals surface area contributed by atoms with Gasteiger partial charge in [-0.3, -0.25) is 4.79 Å². The van der Waals surface area contributed by atoms with Crippen molar-refractivity contribution in [3.63, 3.8) is 0 Å². The molecule has 1 aromatic carbocycles. The van der Waals surface area contributed by atoms with Gasteiger partial charge in [0, 0.05) is 5.56 Å². The summed E-state index contributed by atoms with van der Waals surface area (Å²) in [7, 11) is 0. The lowest BCUT2D eigenvalue weighted by atomic mass is 10.0. The lowest BCUT2D eigenvalue weighted by Crippen LogP contribution is -2.15. The molecule has 1 aromatic heterocycles. The first-order valence-corrected chi connectivity index (χ1v) is 6.43. The molecular formula is C15H18N2O2. The van der Waals surface area contributed by atoms with Crippen LogP contribution in [0.15, 0.2) is 23.0 Å². The van der Waals surface area contributed by atoms with Gasteiger partial charge in [0.05, 0.1) is 5.56 Å². The summed E-state index contributed by atoms with van der Waals surface area (Å²) in [6.45, 7) is 5.87. The molecule has 0 saturated carbocycles. The Labute approximate surface area is 112 Å². The predicted octanol–water partition coefficient (Wildman–Crippen LogP) is 2.71. The Morgan fingerprint density at radius 1 is 1.26 bits per heavy atom. The number of benzene rings is 1. The minimum atomic E-state index is -0.257. The Morgan fingerprint density at radius 2 is 1.89 bits per heavy atom. The Morgan fingerprint density at radius 3 is 2.42 bits per heavy atom. The summed E-state index contributed by atoms with van der Waals surface area (Å²) in [5.74, 6) is 0.265. The van der Waals surface area contributed by atoms with Crippen LogP contribution in [0.25, 0.3) is 11.4 Å². The first-order chi connectivity index (χ1) is 9.04. The second-order valence-electron chi connectivity index (χ2n) is 4.73. The van der Waals surface area contributed by atoms with Gasteiger partial charge in [0.15, 0.2) is 0 Å². The minimum absolute atomic E-state index is 0.164. The monoisotopic (exact) mass is 258 g/mol. The molecule has 0 spiro atoms. The van der Waals surface area contributed by atoms with Gasteiger partial charge in [-0.25, -0.2) is 0 Å². The van der Waals surface area contributed by atoms with Crippen LogP contribution in [0.3, 0.4) is 0 Å². The molecular weight excluding hydrogens is 240 g/mol. The van der Waals surface area contributed by atoms with Gasteiger partial charge in [-0.05, 0) is 31.4 Å². The molecule has 2 aromatic rings. The first-order valence-electron chi connectivity index (χ1n) is 6.43. The molecule has 4 heteroatoms. The molecule has 0 radical (unpaired) electrons.